The first-order chi connectivity index (χ1) is 6.46. The normalized spacial score (nSPS) is 16.9. The van der Waals surface area contributed by atoms with E-state index in [1.54, 1.807) is 0 Å². The summed E-state index contributed by atoms with van der Waals surface area (Å²) in [5.74, 6) is -2.48. The summed E-state index contributed by atoms with van der Waals surface area (Å²) < 4.78 is 0. The molecule has 1 fully saturated rings. The summed E-state index contributed by atoms with van der Waals surface area (Å²) in [6.07, 6.45) is 0. The van der Waals surface area contributed by atoms with Crippen molar-refractivity contribution in [3.8, 4) is 0 Å². The van der Waals surface area contributed by atoms with Gasteiger partial charge >= 0.3 is 6.03 Å². The Morgan fingerprint density at radius 1 is 1.00 bits per heavy atom. The fourth-order valence-electron chi connectivity index (χ4n) is 0.611. The smallest absolute Gasteiger partial charge is 0.277 e. The number of rotatable bonds is 0. The lowest BCUT2D eigenvalue weighted by atomic mass is 10.2. The number of carbonyl (C=O) groups excluding carboxylic acids is 3. The van der Waals surface area contributed by atoms with Gasteiger partial charge in [0.15, 0.2) is 0 Å². The number of nitrogens with zero attached hydrogens (tertiary/aromatic N) is 2. The van der Waals surface area contributed by atoms with Gasteiger partial charge in [0.05, 0.1) is 0 Å². The molecule has 0 aromatic heterocycles. The van der Waals surface area contributed by atoms with E-state index in [2.05, 4.69) is 6.58 Å². The maximum atomic E-state index is 10.7. The molecule has 4 amide bonds. The summed E-state index contributed by atoms with van der Waals surface area (Å²) in [6.45, 7) is 6.96. The molecule has 0 atom stereocenters. The van der Waals surface area contributed by atoms with E-state index < -0.39 is 33.5 Å². The molecule has 1 aliphatic heterocycles. The molecule has 0 unspecified atom stereocenters. The first kappa shape index (κ1) is 12.3. The summed E-state index contributed by atoms with van der Waals surface area (Å²) in [5.41, 5.74) is -0.681. The van der Waals surface area contributed by atoms with Gasteiger partial charge in [0, 0.05) is 0 Å². The minimum absolute atomic E-state index is 0.399. The molecule has 0 saturated carbocycles. The Morgan fingerprint density at radius 2 is 1.29 bits per heavy atom. The van der Waals surface area contributed by atoms with Crippen LogP contribution in [0.25, 0.3) is 0 Å². The van der Waals surface area contributed by atoms with Gasteiger partial charge in [-0.1, -0.05) is 20.4 Å². The number of barbiturate groups is 1. The first-order valence-electron chi connectivity index (χ1n) is 3.76. The maximum absolute atomic E-state index is 10.7. The third-order valence-electron chi connectivity index (χ3n) is 1.26. The van der Waals surface area contributed by atoms with Crippen molar-refractivity contribution in [2.75, 3.05) is 0 Å². The SMILES string of the molecule is C=C1C(=O)N(O)C(=O)N(O)C1=O.CC. The van der Waals surface area contributed by atoms with Crippen LogP contribution >= 0.6 is 0 Å². The zero-order chi connectivity index (χ0) is 11.5. The van der Waals surface area contributed by atoms with Crippen LogP contribution in [0, 0.1) is 0 Å². The minimum atomic E-state index is -1.52. The van der Waals surface area contributed by atoms with Crippen LogP contribution in [0.5, 0.6) is 0 Å². The van der Waals surface area contributed by atoms with Crippen LogP contribution in [0.1, 0.15) is 13.8 Å². The number of hydrogen-bond acceptors (Lipinski definition) is 5. The van der Waals surface area contributed by atoms with Gasteiger partial charge in [0.25, 0.3) is 11.8 Å². The van der Waals surface area contributed by atoms with Crippen LogP contribution in [-0.2, 0) is 9.59 Å². The topological polar surface area (TPSA) is 98.2 Å². The molecule has 1 rings (SSSR count). The summed E-state index contributed by atoms with van der Waals surface area (Å²) in [7, 11) is 0. The van der Waals surface area contributed by atoms with Crippen LogP contribution in [0.2, 0.25) is 0 Å². The van der Waals surface area contributed by atoms with Crippen molar-refractivity contribution in [1.82, 2.24) is 10.1 Å². The van der Waals surface area contributed by atoms with Gasteiger partial charge in [0.1, 0.15) is 5.57 Å². The van der Waals surface area contributed by atoms with Crippen LogP contribution in [0.3, 0.4) is 0 Å². The second-order valence-electron chi connectivity index (χ2n) is 2.00. The third-order valence-corrected chi connectivity index (χ3v) is 1.26. The molecule has 0 aromatic carbocycles. The Balaban J connectivity index is 0.000000791. The molecular weight excluding hydrogens is 192 g/mol. The molecule has 0 radical (unpaired) electrons. The highest BCUT2D eigenvalue weighted by Gasteiger charge is 2.40. The van der Waals surface area contributed by atoms with Crippen LogP contribution in [0.15, 0.2) is 12.2 Å². The number of carbonyl (C=O) groups is 3. The highest BCUT2D eigenvalue weighted by molar-refractivity contribution is 6.27. The van der Waals surface area contributed by atoms with Gasteiger partial charge < -0.3 is 0 Å². The summed E-state index contributed by atoms with van der Waals surface area (Å²) in [4.78, 5) is 31.9. The van der Waals surface area contributed by atoms with Gasteiger partial charge in [-0.15, -0.1) is 10.1 Å². The second kappa shape index (κ2) is 4.49. The average molecular weight is 202 g/mol. The van der Waals surface area contributed by atoms with Crippen LogP contribution < -0.4 is 0 Å². The van der Waals surface area contributed by atoms with Gasteiger partial charge in [-0.25, -0.2) is 4.79 Å². The molecule has 0 aromatic rings. The number of urea groups is 1. The lowest BCUT2D eigenvalue weighted by Gasteiger charge is -2.24. The fourth-order valence-corrected chi connectivity index (χ4v) is 0.611. The van der Waals surface area contributed by atoms with Gasteiger partial charge in [0.2, 0.25) is 0 Å². The summed E-state index contributed by atoms with van der Waals surface area (Å²) >= 11 is 0. The largest absolute Gasteiger partial charge is 0.382 e. The number of amides is 4. The molecule has 78 valence electrons. The molecule has 0 spiro atoms. The van der Waals surface area contributed by atoms with E-state index in [0.717, 1.165) is 0 Å². The molecule has 1 aliphatic rings. The Hall–Kier alpha value is -1.73. The Morgan fingerprint density at radius 3 is 1.57 bits per heavy atom. The lowest BCUT2D eigenvalue weighted by Crippen LogP contribution is -2.53. The summed E-state index contributed by atoms with van der Waals surface area (Å²) in [5, 5.41) is 16.5. The lowest BCUT2D eigenvalue weighted by molar-refractivity contribution is -0.177. The van der Waals surface area contributed by atoms with E-state index in [0.29, 0.717) is 0 Å². The standard InChI is InChI=1S/C5H4N2O5.C2H6/c1-2-3(8)6(11)5(10)7(12)4(2)9;1-2/h11-12H,1H2;1-2H3. The zero-order valence-corrected chi connectivity index (χ0v) is 7.72. The van der Waals surface area contributed by atoms with E-state index >= 15 is 0 Å². The molecule has 14 heavy (non-hydrogen) atoms. The fraction of sp³-hybridized carbons (Fsp3) is 0.286. The zero-order valence-electron chi connectivity index (χ0n) is 7.72. The van der Waals surface area contributed by atoms with Crippen molar-refractivity contribution in [1.29, 1.82) is 0 Å². The summed E-state index contributed by atoms with van der Waals surface area (Å²) in [6, 6.07) is -1.52. The van der Waals surface area contributed by atoms with Crippen molar-refractivity contribution in [3.63, 3.8) is 0 Å². The van der Waals surface area contributed by atoms with Gasteiger partial charge in [-0.05, 0) is 0 Å². The van der Waals surface area contributed by atoms with Crippen molar-refractivity contribution in [2.45, 2.75) is 13.8 Å². The quantitative estimate of drug-likeness (QED) is 0.330. The Labute approximate surface area is 79.7 Å². The van der Waals surface area contributed by atoms with Crippen molar-refractivity contribution < 1.29 is 24.8 Å². The molecular formula is C7H10N2O5. The Kier molecular flexibility index (Phi) is 3.94. The van der Waals surface area contributed by atoms with Gasteiger partial charge in [-0.3, -0.25) is 20.0 Å². The van der Waals surface area contributed by atoms with E-state index in [4.69, 9.17) is 10.4 Å². The van der Waals surface area contributed by atoms with E-state index in [1.165, 1.54) is 0 Å². The average Bonchev–Trinajstić information content (AvgIpc) is 2.24. The third kappa shape index (κ3) is 1.78. The monoisotopic (exact) mass is 202 g/mol. The Bertz CT molecular complexity index is 272. The van der Waals surface area contributed by atoms with Crippen LogP contribution in [0.4, 0.5) is 4.79 Å². The van der Waals surface area contributed by atoms with Crippen molar-refractivity contribution in [3.05, 3.63) is 12.2 Å². The number of imide groups is 2. The van der Waals surface area contributed by atoms with Crippen LogP contribution in [-0.4, -0.2) is 38.4 Å². The molecule has 7 heteroatoms. The van der Waals surface area contributed by atoms with Crippen molar-refractivity contribution >= 4 is 17.8 Å². The predicted octanol–water partition coefficient (Wildman–Crippen LogP) is 0.138. The minimum Gasteiger partial charge on any atom is -0.277 e. The number of hydrogen-bond donors (Lipinski definition) is 2. The van der Waals surface area contributed by atoms with E-state index in [1.807, 2.05) is 13.8 Å². The van der Waals surface area contributed by atoms with Crippen molar-refractivity contribution in [2.24, 2.45) is 0 Å². The first-order valence-corrected chi connectivity index (χ1v) is 3.76. The molecule has 1 heterocycles. The van der Waals surface area contributed by atoms with E-state index in [9.17, 15) is 14.4 Å². The maximum Gasteiger partial charge on any atom is 0.382 e. The molecule has 0 bridgehead atoms. The molecule has 0 aliphatic carbocycles. The second-order valence-corrected chi connectivity index (χ2v) is 2.00. The molecule has 1 saturated heterocycles. The van der Waals surface area contributed by atoms with Gasteiger partial charge in [-0.2, -0.15) is 0 Å². The highest BCUT2D eigenvalue weighted by atomic mass is 16.6. The molecule has 2 N–H and O–H groups in total. The van der Waals surface area contributed by atoms with E-state index in [-0.39, 0.29) is 0 Å². The number of hydroxylamine groups is 4. The predicted molar refractivity (Wildman–Crippen MR) is 43.1 cm³/mol. The highest BCUT2D eigenvalue weighted by Crippen LogP contribution is 2.11. The molecule has 7 nitrogen and oxygen atoms in total.